The van der Waals surface area contributed by atoms with E-state index in [9.17, 15) is 39.9 Å². The number of ketones is 2. The number of ether oxygens (including phenoxy) is 3. The lowest BCUT2D eigenvalue weighted by atomic mass is 9.74. The van der Waals surface area contributed by atoms with Gasteiger partial charge in [0.05, 0.1) is 36.6 Å². The smallest absolute Gasteiger partial charge is 0.330 e. The summed E-state index contributed by atoms with van der Waals surface area (Å²) in [4.78, 5) is 40.5. The van der Waals surface area contributed by atoms with Gasteiger partial charge in [-0.05, 0) is 70.1 Å². The van der Waals surface area contributed by atoms with Gasteiger partial charge < -0.3 is 39.7 Å². The zero-order valence-electron chi connectivity index (χ0n) is 35.8. The molecule has 3 aliphatic rings. The molecular formula is C45H74O11. The van der Waals surface area contributed by atoms with E-state index in [0.29, 0.717) is 25.7 Å². The number of aliphatic hydroxyl groups excluding tert-OH is 4. The first-order valence-electron chi connectivity index (χ1n) is 21.2. The van der Waals surface area contributed by atoms with Crippen molar-refractivity contribution < 1.29 is 54.1 Å². The number of carbonyl (C=O) groups excluding carboxylic acids is 3. The Labute approximate surface area is 336 Å². The number of hydrogen-bond donors (Lipinski definition) is 5. The van der Waals surface area contributed by atoms with Crippen molar-refractivity contribution in [3.05, 3.63) is 36.5 Å². The molecule has 18 atom stereocenters. The second-order valence-corrected chi connectivity index (χ2v) is 18.0. The minimum atomic E-state index is -2.18. The molecule has 0 aromatic heterocycles. The second-order valence-electron chi connectivity index (χ2n) is 18.0. The number of rotatable bonds is 3. The quantitative estimate of drug-likeness (QED) is 0.216. The molecule has 320 valence electrons. The van der Waals surface area contributed by atoms with Gasteiger partial charge in [-0.15, -0.1) is 0 Å². The fraction of sp³-hybridized carbons (Fsp3) is 0.800. The molecule has 11 nitrogen and oxygen atoms in total. The van der Waals surface area contributed by atoms with Crippen LogP contribution in [0.25, 0.3) is 0 Å². The molecule has 3 heterocycles. The third-order valence-corrected chi connectivity index (χ3v) is 13.4. The molecule has 3 aliphatic heterocycles. The molecule has 5 N–H and O–H groups in total. The summed E-state index contributed by atoms with van der Waals surface area (Å²) in [6, 6.07) is 0. The standard InChI is InChI=1S/C45H74O11/c1-12-34-17-15-13-14-16-27(4)42(51)44(11,53)43(52)32(9)40(50)31(8)39(49)30(7)38(48)26(3)18-21-37(47)54-41-29(6)35(20-19-34)55-45(33(41)10)23-22-25(2)36(56-45)24-28(5)46/h13-15,17-18,21,25-36,38,40-42,46,48,50-51,53H,12,16,19-20,22-24H2,1-11H3/b14-13+,17-15+,21-18+/t25-,26-,27+,28+,29+,30-,31-,32-,33-,34-,35-,36-,38+,40+,41+,42?,44+,45-/m1/s1. The van der Waals surface area contributed by atoms with Gasteiger partial charge in [0.25, 0.3) is 0 Å². The van der Waals surface area contributed by atoms with Crippen LogP contribution < -0.4 is 0 Å². The van der Waals surface area contributed by atoms with Gasteiger partial charge in [0.15, 0.2) is 11.6 Å². The fourth-order valence-corrected chi connectivity index (χ4v) is 9.01. The maximum absolute atomic E-state index is 13.5. The van der Waals surface area contributed by atoms with Gasteiger partial charge in [-0.3, -0.25) is 9.59 Å². The Kier molecular flexibility index (Phi) is 17.7. The van der Waals surface area contributed by atoms with Crippen LogP contribution in [-0.4, -0.2) is 97.2 Å². The highest BCUT2D eigenvalue weighted by molar-refractivity contribution is 5.91. The van der Waals surface area contributed by atoms with Crippen molar-refractivity contribution in [3.63, 3.8) is 0 Å². The van der Waals surface area contributed by atoms with E-state index in [4.69, 9.17) is 14.2 Å². The molecular weight excluding hydrogens is 716 g/mol. The first-order chi connectivity index (χ1) is 26.1. The predicted molar refractivity (Wildman–Crippen MR) is 215 cm³/mol. The minimum absolute atomic E-state index is 0.168. The normalized spacial score (nSPS) is 46.8. The van der Waals surface area contributed by atoms with E-state index < -0.39 is 89.0 Å². The Morgan fingerprint density at radius 2 is 1.48 bits per heavy atom. The summed E-state index contributed by atoms with van der Waals surface area (Å²) in [5.74, 6) is -7.28. The highest BCUT2D eigenvalue weighted by Crippen LogP contribution is 2.49. The SMILES string of the molecule is CC[C@@H]1/C=C/C=C/C[C@H](C)C(O)[C@](C)(O)C(=O)[C@H](C)[C@@H](O)[C@H](C)C(=O)[C@H](C)[C@@H](O)[C@H](C)/C=C/C(=O)O[C@H]2[C@@H](C)[C@@H](CC1)O[C@@]1(CC[C@@H](C)[C@@H](C[C@H](C)O)O1)[C@@H]2C. The second kappa shape index (κ2) is 20.6. The number of carbonyl (C=O) groups is 3. The molecule has 0 aromatic carbocycles. The summed E-state index contributed by atoms with van der Waals surface area (Å²) in [5, 5.41) is 55.0. The number of Topliss-reactive ketones (excluding diaryl/α,β-unsaturated/α-hetero) is 2. The highest BCUT2D eigenvalue weighted by atomic mass is 16.7. The van der Waals surface area contributed by atoms with E-state index in [1.54, 1.807) is 20.8 Å². The van der Waals surface area contributed by atoms with Gasteiger partial charge in [-0.25, -0.2) is 4.79 Å². The van der Waals surface area contributed by atoms with E-state index in [0.717, 1.165) is 19.3 Å². The lowest BCUT2D eigenvalue weighted by Gasteiger charge is -2.55. The average molecular weight is 791 g/mol. The van der Waals surface area contributed by atoms with Gasteiger partial charge in [0.2, 0.25) is 0 Å². The molecule has 2 fully saturated rings. The Balaban J connectivity index is 1.99. The summed E-state index contributed by atoms with van der Waals surface area (Å²) in [7, 11) is 0. The molecule has 1 spiro atoms. The fourth-order valence-electron chi connectivity index (χ4n) is 9.01. The van der Waals surface area contributed by atoms with E-state index in [1.165, 1.54) is 39.8 Å². The van der Waals surface area contributed by atoms with Crippen LogP contribution >= 0.6 is 0 Å². The summed E-state index contributed by atoms with van der Waals surface area (Å²) in [6.07, 6.45) is 9.62. The molecule has 0 radical (unpaired) electrons. The van der Waals surface area contributed by atoms with Gasteiger partial charge in [-0.2, -0.15) is 0 Å². The molecule has 0 aliphatic carbocycles. The molecule has 11 heteroatoms. The van der Waals surface area contributed by atoms with Crippen molar-refractivity contribution in [1.82, 2.24) is 0 Å². The molecule has 0 aromatic rings. The lowest BCUT2D eigenvalue weighted by Crippen LogP contribution is -2.62. The summed E-state index contributed by atoms with van der Waals surface area (Å²) >= 11 is 0. The number of allylic oxidation sites excluding steroid dienone is 4. The number of aliphatic hydroxyl groups is 5. The van der Waals surface area contributed by atoms with Crippen LogP contribution in [0.1, 0.15) is 121 Å². The van der Waals surface area contributed by atoms with Crippen LogP contribution in [0.4, 0.5) is 0 Å². The maximum Gasteiger partial charge on any atom is 0.330 e. The van der Waals surface area contributed by atoms with Gasteiger partial charge in [-0.1, -0.05) is 92.7 Å². The van der Waals surface area contributed by atoms with E-state index in [1.807, 2.05) is 32.1 Å². The zero-order valence-corrected chi connectivity index (χ0v) is 35.8. The van der Waals surface area contributed by atoms with Crippen LogP contribution in [0.2, 0.25) is 0 Å². The number of fused-ring (bicyclic) bond motifs is 2. The van der Waals surface area contributed by atoms with Crippen LogP contribution in [0.5, 0.6) is 0 Å². The monoisotopic (exact) mass is 791 g/mol. The van der Waals surface area contributed by atoms with Crippen molar-refractivity contribution in [2.75, 3.05) is 0 Å². The average Bonchev–Trinajstić information content (AvgIpc) is 3.16. The van der Waals surface area contributed by atoms with Crippen molar-refractivity contribution in [1.29, 1.82) is 0 Å². The number of esters is 1. The van der Waals surface area contributed by atoms with Crippen molar-refractivity contribution >= 4 is 17.5 Å². The summed E-state index contributed by atoms with van der Waals surface area (Å²) in [6.45, 7) is 19.1. The highest BCUT2D eigenvalue weighted by Gasteiger charge is 2.56. The molecule has 0 saturated carbocycles. The first-order valence-corrected chi connectivity index (χ1v) is 21.2. The molecule has 1 unspecified atom stereocenters. The minimum Gasteiger partial charge on any atom is -0.458 e. The predicted octanol–water partition coefficient (Wildman–Crippen LogP) is 5.88. The van der Waals surface area contributed by atoms with Gasteiger partial charge in [0, 0.05) is 48.0 Å². The van der Waals surface area contributed by atoms with Crippen LogP contribution in [0, 0.1) is 53.3 Å². The van der Waals surface area contributed by atoms with Gasteiger partial charge in [0.1, 0.15) is 17.5 Å². The topological polar surface area (TPSA) is 180 Å². The van der Waals surface area contributed by atoms with Crippen LogP contribution in [-0.2, 0) is 28.6 Å². The van der Waals surface area contributed by atoms with E-state index in [2.05, 4.69) is 19.9 Å². The van der Waals surface area contributed by atoms with Crippen LogP contribution in [0.15, 0.2) is 36.5 Å². The molecule has 2 saturated heterocycles. The first kappa shape index (κ1) is 48.1. The largest absolute Gasteiger partial charge is 0.458 e. The zero-order chi connectivity index (χ0) is 42.3. The maximum atomic E-state index is 13.5. The third-order valence-electron chi connectivity index (χ3n) is 13.4. The van der Waals surface area contributed by atoms with Crippen LogP contribution in [0.3, 0.4) is 0 Å². The van der Waals surface area contributed by atoms with Crippen molar-refractivity contribution in [2.24, 2.45) is 53.3 Å². The number of hydrogen-bond acceptors (Lipinski definition) is 11. The van der Waals surface area contributed by atoms with Crippen molar-refractivity contribution in [2.45, 2.75) is 175 Å². The Morgan fingerprint density at radius 3 is 2.11 bits per heavy atom. The summed E-state index contributed by atoms with van der Waals surface area (Å²) in [5.41, 5.74) is -2.18. The van der Waals surface area contributed by atoms with Crippen molar-refractivity contribution in [3.8, 4) is 0 Å². The Morgan fingerprint density at radius 1 is 0.839 bits per heavy atom. The lowest BCUT2D eigenvalue weighted by molar-refractivity contribution is -0.371. The third kappa shape index (κ3) is 11.5. The summed E-state index contributed by atoms with van der Waals surface area (Å²) < 4.78 is 20.0. The molecule has 56 heavy (non-hydrogen) atoms. The Hall–Kier alpha value is -2.25. The van der Waals surface area contributed by atoms with Gasteiger partial charge >= 0.3 is 5.97 Å². The molecule has 2 bridgehead atoms. The Bertz CT molecular complexity index is 1390. The van der Waals surface area contributed by atoms with E-state index in [-0.39, 0.29) is 35.9 Å². The molecule has 3 rings (SSSR count). The van der Waals surface area contributed by atoms with E-state index >= 15 is 0 Å². The molecule has 0 amide bonds.